The van der Waals surface area contributed by atoms with Crippen molar-refractivity contribution in [3.05, 3.63) is 85.1 Å². The molecule has 1 atom stereocenters. The number of carbonyl (C=O) groups is 3. The van der Waals surface area contributed by atoms with E-state index >= 15 is 0 Å². The Morgan fingerprint density at radius 3 is 0.946 bits per heavy atom. The zero-order chi connectivity index (χ0) is 53.6. The first-order valence-electron chi connectivity index (χ1n) is 31.6. The van der Waals surface area contributed by atoms with Gasteiger partial charge in [0, 0.05) is 19.3 Å². The fourth-order valence-corrected chi connectivity index (χ4v) is 8.93. The van der Waals surface area contributed by atoms with Crippen LogP contribution >= 0.6 is 0 Å². The quantitative estimate of drug-likeness (QED) is 0.0199. The van der Waals surface area contributed by atoms with Gasteiger partial charge in [-0.25, -0.2) is 0 Å². The normalized spacial score (nSPS) is 12.6. The van der Waals surface area contributed by atoms with Gasteiger partial charge in [-0.05, 0) is 103 Å². The molecule has 0 aromatic rings. The van der Waals surface area contributed by atoms with Crippen LogP contribution in [0.1, 0.15) is 310 Å². The van der Waals surface area contributed by atoms with E-state index in [2.05, 4.69) is 106 Å². The van der Waals surface area contributed by atoms with E-state index in [4.69, 9.17) is 14.2 Å². The van der Waals surface area contributed by atoms with Gasteiger partial charge in [0.25, 0.3) is 0 Å². The Morgan fingerprint density at radius 1 is 0.297 bits per heavy atom. The van der Waals surface area contributed by atoms with Crippen molar-refractivity contribution in [3.8, 4) is 0 Å². The van der Waals surface area contributed by atoms with Gasteiger partial charge >= 0.3 is 17.9 Å². The number of allylic oxidation sites excluding steroid dienone is 14. The molecule has 0 spiro atoms. The van der Waals surface area contributed by atoms with Gasteiger partial charge in [-0.1, -0.05) is 273 Å². The van der Waals surface area contributed by atoms with Crippen LogP contribution in [0.25, 0.3) is 0 Å². The van der Waals surface area contributed by atoms with E-state index in [9.17, 15) is 14.4 Å². The van der Waals surface area contributed by atoms with Crippen LogP contribution < -0.4 is 0 Å². The van der Waals surface area contributed by atoms with Crippen molar-refractivity contribution in [1.29, 1.82) is 0 Å². The molecule has 426 valence electrons. The molecule has 0 radical (unpaired) electrons. The number of unbranched alkanes of at least 4 members (excludes halogenated alkanes) is 34. The summed E-state index contributed by atoms with van der Waals surface area (Å²) in [6.45, 7) is 6.52. The summed E-state index contributed by atoms with van der Waals surface area (Å²) in [5.41, 5.74) is 0. The number of hydrogen-bond donors (Lipinski definition) is 0. The monoisotopic (exact) mass is 1030 g/mol. The van der Waals surface area contributed by atoms with Crippen LogP contribution in [-0.2, 0) is 28.6 Å². The smallest absolute Gasteiger partial charge is 0.306 e. The van der Waals surface area contributed by atoms with Crippen LogP contribution in [0.4, 0.5) is 0 Å². The fourth-order valence-electron chi connectivity index (χ4n) is 8.93. The van der Waals surface area contributed by atoms with Gasteiger partial charge in [-0.3, -0.25) is 14.4 Å². The topological polar surface area (TPSA) is 78.9 Å². The van der Waals surface area contributed by atoms with E-state index in [0.717, 1.165) is 96.3 Å². The minimum absolute atomic E-state index is 0.0872. The summed E-state index contributed by atoms with van der Waals surface area (Å²) in [5.74, 6) is -0.905. The lowest BCUT2D eigenvalue weighted by Crippen LogP contribution is -2.30. The van der Waals surface area contributed by atoms with Gasteiger partial charge in [-0.2, -0.15) is 0 Å². The highest BCUT2D eigenvalue weighted by molar-refractivity contribution is 5.71. The van der Waals surface area contributed by atoms with E-state index in [1.54, 1.807) is 0 Å². The number of carbonyl (C=O) groups excluding carboxylic acids is 3. The molecule has 6 nitrogen and oxygen atoms in total. The maximum atomic E-state index is 12.9. The van der Waals surface area contributed by atoms with Gasteiger partial charge in [0.1, 0.15) is 13.2 Å². The zero-order valence-corrected chi connectivity index (χ0v) is 48.8. The Bertz CT molecular complexity index is 1420. The Labute approximate surface area is 458 Å². The van der Waals surface area contributed by atoms with Crippen molar-refractivity contribution >= 4 is 17.9 Å². The SMILES string of the molecule is CC/C=C\C/C=C\C/C=C\CCCCCCCCCCCC(=O)OCC(COC(=O)CCCCCCC\C=C/C=C\C=C/CCCCCCC)OC(=O)CCCCCCCCC/C=C\CCCCCCCCCC. The van der Waals surface area contributed by atoms with Crippen molar-refractivity contribution in [1.82, 2.24) is 0 Å². The average Bonchev–Trinajstić information content (AvgIpc) is 3.40. The first kappa shape index (κ1) is 70.6. The highest BCUT2D eigenvalue weighted by Gasteiger charge is 2.19. The number of rotatable bonds is 57. The molecule has 0 N–H and O–H groups in total. The Balaban J connectivity index is 4.43. The van der Waals surface area contributed by atoms with E-state index < -0.39 is 6.10 Å². The summed E-state index contributed by atoms with van der Waals surface area (Å²) >= 11 is 0. The van der Waals surface area contributed by atoms with Crippen LogP contribution in [0, 0.1) is 0 Å². The summed E-state index contributed by atoms with van der Waals surface area (Å²) in [6.07, 6.45) is 81.5. The van der Waals surface area contributed by atoms with E-state index in [0.29, 0.717) is 19.3 Å². The molecule has 0 aliphatic rings. The number of ether oxygens (including phenoxy) is 3. The van der Waals surface area contributed by atoms with Crippen molar-refractivity contribution in [2.75, 3.05) is 13.2 Å². The molecule has 0 bridgehead atoms. The molecule has 74 heavy (non-hydrogen) atoms. The summed E-state index contributed by atoms with van der Waals surface area (Å²) in [7, 11) is 0. The maximum Gasteiger partial charge on any atom is 0.306 e. The average molecular weight is 1030 g/mol. The summed E-state index contributed by atoms with van der Waals surface area (Å²) < 4.78 is 16.9. The third-order valence-corrected chi connectivity index (χ3v) is 13.7. The van der Waals surface area contributed by atoms with Crippen LogP contribution in [0.2, 0.25) is 0 Å². The Kier molecular flexibility index (Phi) is 59.3. The molecule has 0 aliphatic heterocycles. The van der Waals surface area contributed by atoms with Crippen molar-refractivity contribution in [2.45, 2.75) is 316 Å². The molecule has 1 unspecified atom stereocenters. The zero-order valence-electron chi connectivity index (χ0n) is 48.8. The molecule has 0 aromatic carbocycles. The molecule has 0 amide bonds. The van der Waals surface area contributed by atoms with Crippen molar-refractivity contribution in [3.63, 3.8) is 0 Å². The lowest BCUT2D eigenvalue weighted by atomic mass is 10.1. The molecule has 0 aliphatic carbocycles. The molecule has 0 aromatic heterocycles. The minimum atomic E-state index is -0.792. The predicted molar refractivity (Wildman–Crippen MR) is 321 cm³/mol. The number of esters is 3. The van der Waals surface area contributed by atoms with Crippen LogP contribution in [0.15, 0.2) is 85.1 Å². The van der Waals surface area contributed by atoms with E-state index in [-0.39, 0.29) is 31.1 Å². The highest BCUT2D eigenvalue weighted by atomic mass is 16.6. The summed E-state index contributed by atoms with van der Waals surface area (Å²) in [4.78, 5) is 38.3. The molecule has 0 fully saturated rings. The maximum absolute atomic E-state index is 12.9. The van der Waals surface area contributed by atoms with Gasteiger partial charge < -0.3 is 14.2 Å². The van der Waals surface area contributed by atoms with Crippen LogP contribution in [0.5, 0.6) is 0 Å². The van der Waals surface area contributed by atoms with Crippen molar-refractivity contribution in [2.24, 2.45) is 0 Å². The molecule has 0 heterocycles. The van der Waals surface area contributed by atoms with Gasteiger partial charge in [0.2, 0.25) is 0 Å². The Hall–Kier alpha value is -3.41. The minimum Gasteiger partial charge on any atom is -0.462 e. The van der Waals surface area contributed by atoms with E-state index in [1.165, 1.54) is 173 Å². The molecule has 0 rings (SSSR count). The molecule has 0 saturated carbocycles. The lowest BCUT2D eigenvalue weighted by molar-refractivity contribution is -0.167. The van der Waals surface area contributed by atoms with Gasteiger partial charge in [0.05, 0.1) is 0 Å². The third kappa shape index (κ3) is 59.5. The Morgan fingerprint density at radius 2 is 0.581 bits per heavy atom. The fraction of sp³-hybridized carbons (Fsp3) is 0.750. The first-order chi connectivity index (χ1) is 36.5. The van der Waals surface area contributed by atoms with E-state index in [1.807, 2.05) is 0 Å². The van der Waals surface area contributed by atoms with Gasteiger partial charge in [0.15, 0.2) is 6.10 Å². The van der Waals surface area contributed by atoms with Crippen molar-refractivity contribution < 1.29 is 28.6 Å². The first-order valence-corrected chi connectivity index (χ1v) is 31.6. The molecule has 0 saturated heterocycles. The van der Waals surface area contributed by atoms with Gasteiger partial charge in [-0.15, -0.1) is 0 Å². The standard InChI is InChI=1S/C68H118O6/c1-4-7-10-13-16-19-22-25-28-31-34-37-40-43-46-49-52-55-58-61-67(70)73-64-65(63-72-66(69)60-57-54-51-48-45-42-39-36-33-30-27-24-21-18-15-12-9-6-3)74-68(71)62-59-56-53-50-47-44-41-38-35-32-29-26-23-20-17-14-11-8-5-2/h7,10,16,19,24-25,27-28,30,32-33,35-36,39,65H,4-6,8-9,11-15,17-18,20-23,26,29,31,34,37-38,40-64H2,1-3H3/b10-7-,19-16-,27-24-,28-25-,33-30-,35-32-,39-36-. The second-order valence-electron chi connectivity index (χ2n) is 21.0. The van der Waals surface area contributed by atoms with Crippen LogP contribution in [-0.4, -0.2) is 37.2 Å². The second kappa shape index (κ2) is 62.1. The highest BCUT2D eigenvalue weighted by Crippen LogP contribution is 2.16. The predicted octanol–water partition coefficient (Wildman–Crippen LogP) is 21.5. The largest absolute Gasteiger partial charge is 0.462 e. The molecule has 6 heteroatoms. The third-order valence-electron chi connectivity index (χ3n) is 13.7. The second-order valence-corrected chi connectivity index (χ2v) is 21.0. The lowest BCUT2D eigenvalue weighted by Gasteiger charge is -2.18. The summed E-state index contributed by atoms with van der Waals surface area (Å²) in [5, 5.41) is 0. The van der Waals surface area contributed by atoms with Crippen LogP contribution in [0.3, 0.4) is 0 Å². The molecular weight excluding hydrogens is 913 g/mol. The number of hydrogen-bond acceptors (Lipinski definition) is 6. The summed E-state index contributed by atoms with van der Waals surface area (Å²) in [6, 6.07) is 0. The molecular formula is C68H118O6.